The van der Waals surface area contributed by atoms with Crippen molar-refractivity contribution in [1.82, 2.24) is 15.0 Å². The van der Waals surface area contributed by atoms with Crippen LogP contribution in [-0.4, -0.2) is 15.0 Å². The summed E-state index contributed by atoms with van der Waals surface area (Å²) in [5.41, 5.74) is 2.68. The summed E-state index contributed by atoms with van der Waals surface area (Å²) >= 11 is 0. The fourth-order valence-corrected chi connectivity index (χ4v) is 1.56. The van der Waals surface area contributed by atoms with Crippen molar-refractivity contribution in [2.45, 2.75) is 0 Å². The van der Waals surface area contributed by atoms with E-state index in [9.17, 15) is 0 Å². The van der Waals surface area contributed by atoms with E-state index in [1.165, 1.54) is 0 Å². The molecule has 0 saturated heterocycles. The van der Waals surface area contributed by atoms with E-state index in [1.54, 1.807) is 6.33 Å². The van der Waals surface area contributed by atoms with Crippen LogP contribution >= 0.6 is 0 Å². The van der Waals surface area contributed by atoms with Gasteiger partial charge >= 0.3 is 0 Å². The Balaban J connectivity index is 1.94. The van der Waals surface area contributed by atoms with Gasteiger partial charge in [-0.2, -0.15) is 0 Å². The average Bonchev–Trinajstić information content (AvgIpc) is 2.77. The standard InChI is InChI=1S/C12H10N4/c1-2-4-9(5-3-1)15-11-7-6-10-12(16-11)14-8-13-10/h1-8H,(H2,13,14,15,16). The third-order valence-corrected chi connectivity index (χ3v) is 2.33. The van der Waals surface area contributed by atoms with Crippen molar-refractivity contribution in [1.29, 1.82) is 0 Å². The second-order valence-electron chi connectivity index (χ2n) is 3.46. The SMILES string of the molecule is c1ccc(Nc2ccc3[nH]cnc3n2)cc1. The number of aromatic amines is 1. The zero-order valence-electron chi connectivity index (χ0n) is 8.51. The number of anilines is 2. The molecule has 4 heteroatoms. The van der Waals surface area contributed by atoms with Crippen LogP contribution in [0.5, 0.6) is 0 Å². The maximum absolute atomic E-state index is 4.38. The number of hydrogen-bond acceptors (Lipinski definition) is 3. The van der Waals surface area contributed by atoms with E-state index in [4.69, 9.17) is 0 Å². The van der Waals surface area contributed by atoms with Crippen LogP contribution in [0.2, 0.25) is 0 Å². The van der Waals surface area contributed by atoms with Gasteiger partial charge in [-0.05, 0) is 24.3 Å². The molecule has 0 bridgehead atoms. The Morgan fingerprint density at radius 2 is 1.88 bits per heavy atom. The first-order chi connectivity index (χ1) is 7.92. The largest absolute Gasteiger partial charge is 0.343 e. The Labute approximate surface area is 92.4 Å². The molecule has 0 aliphatic carbocycles. The first-order valence-electron chi connectivity index (χ1n) is 5.04. The molecule has 2 aromatic heterocycles. The van der Waals surface area contributed by atoms with Gasteiger partial charge < -0.3 is 10.3 Å². The number of nitrogens with one attached hydrogen (secondary N) is 2. The minimum atomic E-state index is 0.723. The van der Waals surface area contributed by atoms with Gasteiger partial charge in [0.25, 0.3) is 0 Å². The van der Waals surface area contributed by atoms with Gasteiger partial charge in [-0.25, -0.2) is 9.97 Å². The summed E-state index contributed by atoms with van der Waals surface area (Å²) in [5, 5.41) is 3.22. The van der Waals surface area contributed by atoms with Gasteiger partial charge in [-0.1, -0.05) is 18.2 Å². The fourth-order valence-electron chi connectivity index (χ4n) is 1.56. The molecular formula is C12H10N4. The lowest BCUT2D eigenvalue weighted by atomic mass is 10.3. The summed E-state index contributed by atoms with van der Waals surface area (Å²) < 4.78 is 0. The molecule has 0 amide bonds. The highest BCUT2D eigenvalue weighted by Crippen LogP contribution is 2.16. The normalized spacial score (nSPS) is 10.5. The number of para-hydroxylation sites is 1. The van der Waals surface area contributed by atoms with E-state index >= 15 is 0 Å². The molecule has 0 spiro atoms. The van der Waals surface area contributed by atoms with Crippen molar-refractivity contribution in [3.05, 3.63) is 48.8 Å². The van der Waals surface area contributed by atoms with Crippen molar-refractivity contribution in [2.24, 2.45) is 0 Å². The summed E-state index contributed by atoms with van der Waals surface area (Å²) in [6.07, 6.45) is 1.64. The molecule has 3 rings (SSSR count). The van der Waals surface area contributed by atoms with E-state index in [0.717, 1.165) is 22.7 Å². The lowest BCUT2D eigenvalue weighted by Gasteiger charge is -2.04. The maximum atomic E-state index is 4.38. The summed E-state index contributed by atoms with van der Waals surface area (Å²) in [7, 11) is 0. The molecule has 4 nitrogen and oxygen atoms in total. The molecule has 3 aromatic rings. The number of aromatic nitrogens is 3. The van der Waals surface area contributed by atoms with Crippen LogP contribution in [0.3, 0.4) is 0 Å². The van der Waals surface area contributed by atoms with Gasteiger partial charge in [0.15, 0.2) is 5.65 Å². The van der Waals surface area contributed by atoms with Crippen LogP contribution in [0.25, 0.3) is 11.2 Å². The molecule has 2 heterocycles. The maximum Gasteiger partial charge on any atom is 0.179 e. The van der Waals surface area contributed by atoms with Crippen LogP contribution < -0.4 is 5.32 Å². The van der Waals surface area contributed by atoms with Gasteiger partial charge in [0.1, 0.15) is 5.82 Å². The highest BCUT2D eigenvalue weighted by molar-refractivity contribution is 5.73. The number of fused-ring (bicyclic) bond motifs is 1. The lowest BCUT2D eigenvalue weighted by molar-refractivity contribution is 1.30. The number of rotatable bonds is 2. The Morgan fingerprint density at radius 3 is 2.75 bits per heavy atom. The van der Waals surface area contributed by atoms with Crippen LogP contribution in [0.15, 0.2) is 48.8 Å². The molecule has 2 N–H and O–H groups in total. The molecule has 0 aliphatic rings. The van der Waals surface area contributed by atoms with E-state index in [2.05, 4.69) is 20.3 Å². The van der Waals surface area contributed by atoms with Crippen molar-refractivity contribution in [2.75, 3.05) is 5.32 Å². The number of benzene rings is 1. The smallest absolute Gasteiger partial charge is 0.179 e. The third-order valence-electron chi connectivity index (χ3n) is 2.33. The Hall–Kier alpha value is -2.36. The molecule has 0 atom stereocenters. The number of pyridine rings is 1. The van der Waals surface area contributed by atoms with Gasteiger partial charge in [-0.15, -0.1) is 0 Å². The van der Waals surface area contributed by atoms with Gasteiger partial charge in [0.2, 0.25) is 0 Å². The number of imidazole rings is 1. The minimum absolute atomic E-state index is 0.723. The summed E-state index contributed by atoms with van der Waals surface area (Å²) in [4.78, 5) is 11.5. The quantitative estimate of drug-likeness (QED) is 0.683. The monoisotopic (exact) mass is 210 g/mol. The zero-order valence-corrected chi connectivity index (χ0v) is 8.51. The first kappa shape index (κ1) is 8.91. The van der Waals surface area contributed by atoms with Crippen LogP contribution in [0.4, 0.5) is 11.5 Å². The first-order valence-corrected chi connectivity index (χ1v) is 5.04. The minimum Gasteiger partial charge on any atom is -0.343 e. The lowest BCUT2D eigenvalue weighted by Crippen LogP contribution is -1.92. The molecule has 1 aromatic carbocycles. The van der Waals surface area contributed by atoms with Crippen molar-refractivity contribution >= 4 is 22.7 Å². The van der Waals surface area contributed by atoms with Gasteiger partial charge in [0, 0.05) is 5.69 Å². The molecule has 0 unspecified atom stereocenters. The molecule has 16 heavy (non-hydrogen) atoms. The predicted octanol–water partition coefficient (Wildman–Crippen LogP) is 2.70. The number of H-pyrrole nitrogens is 1. The van der Waals surface area contributed by atoms with Crippen molar-refractivity contribution in [3.63, 3.8) is 0 Å². The summed E-state index contributed by atoms with van der Waals surface area (Å²) in [6.45, 7) is 0. The molecule has 0 fully saturated rings. The predicted molar refractivity (Wildman–Crippen MR) is 63.6 cm³/mol. The van der Waals surface area contributed by atoms with Gasteiger partial charge in [-0.3, -0.25) is 0 Å². The highest BCUT2D eigenvalue weighted by atomic mass is 15.0. The second kappa shape index (κ2) is 3.66. The highest BCUT2D eigenvalue weighted by Gasteiger charge is 1.99. The third kappa shape index (κ3) is 1.61. The summed E-state index contributed by atoms with van der Waals surface area (Å²) in [5.74, 6) is 0.797. The van der Waals surface area contributed by atoms with E-state index in [-0.39, 0.29) is 0 Å². The summed E-state index contributed by atoms with van der Waals surface area (Å²) in [6, 6.07) is 13.8. The molecular weight excluding hydrogens is 200 g/mol. The molecule has 78 valence electrons. The zero-order chi connectivity index (χ0) is 10.8. The van der Waals surface area contributed by atoms with E-state index in [1.807, 2.05) is 42.5 Å². The number of nitrogens with zero attached hydrogens (tertiary/aromatic N) is 2. The Bertz CT molecular complexity index is 600. The van der Waals surface area contributed by atoms with Crippen LogP contribution in [0, 0.1) is 0 Å². The van der Waals surface area contributed by atoms with Crippen LogP contribution in [0.1, 0.15) is 0 Å². The second-order valence-corrected chi connectivity index (χ2v) is 3.46. The molecule has 0 aliphatic heterocycles. The average molecular weight is 210 g/mol. The fraction of sp³-hybridized carbons (Fsp3) is 0. The molecule has 0 saturated carbocycles. The van der Waals surface area contributed by atoms with Crippen molar-refractivity contribution < 1.29 is 0 Å². The Morgan fingerprint density at radius 1 is 1.00 bits per heavy atom. The van der Waals surface area contributed by atoms with Crippen molar-refractivity contribution in [3.8, 4) is 0 Å². The number of hydrogen-bond donors (Lipinski definition) is 2. The Kier molecular flexibility index (Phi) is 2.04. The molecule has 0 radical (unpaired) electrons. The van der Waals surface area contributed by atoms with E-state index in [0.29, 0.717) is 0 Å². The van der Waals surface area contributed by atoms with E-state index < -0.39 is 0 Å². The topological polar surface area (TPSA) is 53.6 Å². The van der Waals surface area contributed by atoms with Gasteiger partial charge in [0.05, 0.1) is 11.8 Å². The van der Waals surface area contributed by atoms with Crippen LogP contribution in [-0.2, 0) is 0 Å².